The first-order chi connectivity index (χ1) is 4.30. The second kappa shape index (κ2) is 3.99. The Bertz CT molecular complexity index is 214. The van der Waals surface area contributed by atoms with Gasteiger partial charge in [0.2, 0.25) is 5.82 Å². The summed E-state index contributed by atoms with van der Waals surface area (Å²) in [4.78, 5) is 17.0. The van der Waals surface area contributed by atoms with Crippen molar-refractivity contribution >= 4 is 5.97 Å². The molecule has 0 radical (unpaired) electrons. The number of aromatic carboxylic acids is 1. The van der Waals surface area contributed by atoms with Gasteiger partial charge in [-0.2, -0.15) is 0 Å². The Morgan fingerprint density at radius 1 is 1.40 bits per heavy atom. The van der Waals surface area contributed by atoms with Crippen LogP contribution in [0.4, 0.5) is 0 Å². The van der Waals surface area contributed by atoms with Gasteiger partial charge in [0, 0.05) is 29.8 Å². The smallest absolute Gasteiger partial charge is 0.373 e. The number of carbonyl (C=O) groups is 1. The second-order valence-corrected chi connectivity index (χ2v) is 1.38. The maximum Gasteiger partial charge on any atom is 0.373 e. The first-order valence-corrected chi connectivity index (χ1v) is 2.31. The van der Waals surface area contributed by atoms with Gasteiger partial charge >= 0.3 is 5.97 Å². The molecular weight excluding hydrogens is 172 g/mol. The molecule has 0 fully saturated rings. The molecule has 0 aliphatic rings. The molecule has 0 aromatic carbocycles. The molecule has 0 amide bonds. The Hall–Kier alpha value is -0.918. The number of aromatic nitrogens is 2. The van der Waals surface area contributed by atoms with Crippen molar-refractivity contribution in [2.75, 3.05) is 0 Å². The van der Waals surface area contributed by atoms with Crippen molar-refractivity contribution in [3.63, 3.8) is 0 Å². The average molecular weight is 176 g/mol. The number of hydrogen-bond donors (Lipinski definition) is 1. The summed E-state index contributed by atoms with van der Waals surface area (Å²) < 4.78 is 0. The first-order valence-electron chi connectivity index (χ1n) is 2.31. The number of carboxylic acid groups (broad SMARTS) is 1. The topological polar surface area (TPSA) is 63.1 Å². The number of hydrogen-bond acceptors (Lipinski definition) is 3. The summed E-state index contributed by atoms with van der Waals surface area (Å²) in [7, 11) is 0. The van der Waals surface area contributed by atoms with Crippen LogP contribution in [0.5, 0.6) is 0 Å². The largest absolute Gasteiger partial charge is 0.475 e. The molecule has 0 spiro atoms. The molecule has 0 atom stereocenters. The van der Waals surface area contributed by atoms with Gasteiger partial charge in [0.15, 0.2) is 0 Å². The van der Waals surface area contributed by atoms with E-state index in [0.717, 1.165) is 0 Å². The molecule has 10 heavy (non-hydrogen) atoms. The zero-order chi connectivity index (χ0) is 6.69. The van der Waals surface area contributed by atoms with Gasteiger partial charge in [-0.05, 0) is 6.07 Å². The number of carboxylic acids is 1. The van der Waals surface area contributed by atoms with Gasteiger partial charge in [0.05, 0.1) is 0 Å². The monoisotopic (exact) mass is 176 g/mol. The van der Waals surface area contributed by atoms with Gasteiger partial charge in [-0.15, -0.1) is 0 Å². The van der Waals surface area contributed by atoms with Crippen LogP contribution in [0.15, 0.2) is 18.5 Å². The maximum absolute atomic E-state index is 10.1. The Morgan fingerprint density at radius 2 is 1.90 bits per heavy atom. The van der Waals surface area contributed by atoms with Gasteiger partial charge in [-0.1, -0.05) is 0 Å². The molecule has 1 aromatic heterocycles. The molecule has 4 nitrogen and oxygen atoms in total. The van der Waals surface area contributed by atoms with E-state index in [1.807, 2.05) is 0 Å². The van der Waals surface area contributed by atoms with Crippen LogP contribution in [0.1, 0.15) is 10.6 Å². The molecular formula is C5H4CrN2O2. The Balaban J connectivity index is 0.000000810. The van der Waals surface area contributed by atoms with Crippen LogP contribution >= 0.6 is 0 Å². The van der Waals surface area contributed by atoms with E-state index in [2.05, 4.69) is 9.97 Å². The second-order valence-electron chi connectivity index (χ2n) is 1.38. The molecule has 0 saturated carbocycles. The molecule has 52 valence electrons. The SMILES string of the molecule is O=C(O)c1ncccn1.[Cr]. The van der Waals surface area contributed by atoms with Crippen molar-refractivity contribution in [2.24, 2.45) is 0 Å². The van der Waals surface area contributed by atoms with E-state index in [0.29, 0.717) is 0 Å². The minimum atomic E-state index is -1.10. The molecule has 1 aromatic rings. The van der Waals surface area contributed by atoms with E-state index in [1.54, 1.807) is 6.07 Å². The predicted molar refractivity (Wildman–Crippen MR) is 29.0 cm³/mol. The van der Waals surface area contributed by atoms with Crippen LogP contribution in [-0.2, 0) is 17.4 Å². The van der Waals surface area contributed by atoms with Crippen molar-refractivity contribution in [1.82, 2.24) is 9.97 Å². The van der Waals surface area contributed by atoms with Crippen molar-refractivity contribution in [3.8, 4) is 0 Å². The maximum atomic E-state index is 10.1. The van der Waals surface area contributed by atoms with Gasteiger partial charge in [-0.3, -0.25) is 0 Å². The van der Waals surface area contributed by atoms with Crippen molar-refractivity contribution in [1.29, 1.82) is 0 Å². The molecule has 1 rings (SSSR count). The molecule has 0 bridgehead atoms. The van der Waals surface area contributed by atoms with E-state index >= 15 is 0 Å². The Morgan fingerprint density at radius 3 is 2.20 bits per heavy atom. The van der Waals surface area contributed by atoms with Crippen LogP contribution in [0.25, 0.3) is 0 Å². The van der Waals surface area contributed by atoms with E-state index in [1.165, 1.54) is 12.4 Å². The van der Waals surface area contributed by atoms with Crippen LogP contribution < -0.4 is 0 Å². The van der Waals surface area contributed by atoms with Crippen molar-refractivity contribution in [2.45, 2.75) is 0 Å². The van der Waals surface area contributed by atoms with Crippen LogP contribution in [0, 0.1) is 0 Å². The zero-order valence-corrected chi connectivity index (χ0v) is 6.17. The fourth-order valence-corrected chi connectivity index (χ4v) is 0.410. The third kappa shape index (κ3) is 2.13. The normalized spacial score (nSPS) is 8.00. The van der Waals surface area contributed by atoms with Gasteiger partial charge in [0.1, 0.15) is 0 Å². The minimum absolute atomic E-state index is 0. The predicted octanol–water partition coefficient (Wildman–Crippen LogP) is 0.172. The van der Waals surface area contributed by atoms with Crippen molar-refractivity contribution in [3.05, 3.63) is 24.3 Å². The fourth-order valence-electron chi connectivity index (χ4n) is 0.410. The summed E-state index contributed by atoms with van der Waals surface area (Å²) in [6.07, 6.45) is 2.77. The Kier molecular flexibility index (Phi) is 3.62. The quantitative estimate of drug-likeness (QED) is 0.662. The number of nitrogens with zero attached hydrogens (tertiary/aromatic N) is 2. The van der Waals surface area contributed by atoms with E-state index in [9.17, 15) is 4.79 Å². The Labute approximate surface area is 68.1 Å². The summed E-state index contributed by atoms with van der Waals surface area (Å²) in [5.41, 5.74) is 0. The van der Waals surface area contributed by atoms with E-state index in [4.69, 9.17) is 5.11 Å². The van der Waals surface area contributed by atoms with Crippen LogP contribution in [0.3, 0.4) is 0 Å². The molecule has 0 aliphatic heterocycles. The van der Waals surface area contributed by atoms with Crippen LogP contribution in [0.2, 0.25) is 0 Å². The summed E-state index contributed by atoms with van der Waals surface area (Å²) >= 11 is 0. The standard InChI is InChI=1S/C5H4N2O2.Cr/c8-5(9)4-6-2-1-3-7-4;/h1-3H,(H,8,9);. The first kappa shape index (κ1) is 9.08. The average Bonchev–Trinajstić information content (AvgIpc) is 1.90. The van der Waals surface area contributed by atoms with Crippen LogP contribution in [-0.4, -0.2) is 21.0 Å². The molecule has 0 saturated heterocycles. The summed E-state index contributed by atoms with van der Waals surface area (Å²) in [5, 5.41) is 8.26. The summed E-state index contributed by atoms with van der Waals surface area (Å²) in [6.45, 7) is 0. The van der Waals surface area contributed by atoms with Crippen molar-refractivity contribution < 1.29 is 27.3 Å². The third-order valence-corrected chi connectivity index (χ3v) is 0.757. The van der Waals surface area contributed by atoms with E-state index < -0.39 is 5.97 Å². The summed E-state index contributed by atoms with van der Waals surface area (Å²) in [5.74, 6) is -1.27. The fraction of sp³-hybridized carbons (Fsp3) is 0. The van der Waals surface area contributed by atoms with Gasteiger partial charge in [0.25, 0.3) is 0 Å². The van der Waals surface area contributed by atoms with E-state index in [-0.39, 0.29) is 23.2 Å². The summed E-state index contributed by atoms with van der Waals surface area (Å²) in [6, 6.07) is 1.56. The third-order valence-electron chi connectivity index (χ3n) is 0.757. The molecule has 5 heteroatoms. The molecule has 1 N–H and O–H groups in total. The minimum Gasteiger partial charge on any atom is -0.475 e. The molecule has 0 unspecified atom stereocenters. The molecule has 0 aliphatic carbocycles. The van der Waals surface area contributed by atoms with Gasteiger partial charge in [-0.25, -0.2) is 14.8 Å². The number of rotatable bonds is 1. The van der Waals surface area contributed by atoms with Gasteiger partial charge < -0.3 is 5.11 Å². The zero-order valence-electron chi connectivity index (χ0n) is 4.89. The molecule has 1 heterocycles.